The number of carbonyl (C=O) groups excluding carboxylic acids is 1. The third-order valence-corrected chi connectivity index (χ3v) is 1.99. The highest BCUT2D eigenvalue weighted by Gasteiger charge is 2.11. The monoisotopic (exact) mass is 226 g/mol. The molecule has 2 nitrogen and oxygen atoms in total. The summed E-state index contributed by atoms with van der Waals surface area (Å²) in [4.78, 5) is 10.8. The van der Waals surface area contributed by atoms with Crippen LogP contribution >= 0.6 is 0 Å². The Morgan fingerprint density at radius 2 is 1.88 bits per heavy atom. The Bertz CT molecular complexity index is 285. The van der Waals surface area contributed by atoms with Crippen molar-refractivity contribution in [3.63, 3.8) is 0 Å². The predicted octanol–water partition coefficient (Wildman–Crippen LogP) is 3.68. The number of hydrogen-bond acceptors (Lipinski definition) is 2. The van der Waals surface area contributed by atoms with Gasteiger partial charge in [0.05, 0.1) is 7.11 Å². The molecular formula is C13H19FO2. The Labute approximate surface area is 96.4 Å². The van der Waals surface area contributed by atoms with Gasteiger partial charge in [-0.2, -0.15) is 0 Å². The lowest BCUT2D eigenvalue weighted by molar-refractivity contribution is -0.141. The van der Waals surface area contributed by atoms with E-state index in [9.17, 15) is 9.18 Å². The van der Waals surface area contributed by atoms with Gasteiger partial charge in [0.15, 0.2) is 0 Å². The molecule has 3 heteroatoms. The van der Waals surface area contributed by atoms with E-state index in [4.69, 9.17) is 0 Å². The van der Waals surface area contributed by atoms with Crippen molar-refractivity contribution in [2.45, 2.75) is 32.9 Å². The minimum Gasteiger partial charge on any atom is -0.469 e. The van der Waals surface area contributed by atoms with Crippen LogP contribution in [0.4, 0.5) is 4.39 Å². The summed E-state index contributed by atoms with van der Waals surface area (Å²) in [6, 6.07) is 8.81. The van der Waals surface area contributed by atoms with E-state index in [-0.39, 0.29) is 18.8 Å². The fourth-order valence-corrected chi connectivity index (χ4v) is 1.18. The molecule has 0 saturated heterocycles. The molecule has 0 amide bonds. The van der Waals surface area contributed by atoms with E-state index in [1.54, 1.807) is 24.3 Å². The summed E-state index contributed by atoms with van der Waals surface area (Å²) in [6.07, 6.45) is -0.793. The zero-order chi connectivity index (χ0) is 12.4. The van der Waals surface area contributed by atoms with Gasteiger partial charge in [-0.05, 0) is 12.0 Å². The zero-order valence-electron chi connectivity index (χ0n) is 10.1. The van der Waals surface area contributed by atoms with E-state index in [1.165, 1.54) is 7.11 Å². The Morgan fingerprint density at radius 3 is 2.38 bits per heavy atom. The molecule has 1 unspecified atom stereocenters. The summed E-state index contributed by atoms with van der Waals surface area (Å²) in [6.45, 7) is 4.00. The smallest absolute Gasteiger partial charge is 0.305 e. The number of ether oxygens (including phenoxy) is 1. The van der Waals surface area contributed by atoms with E-state index >= 15 is 0 Å². The molecule has 1 aromatic carbocycles. The van der Waals surface area contributed by atoms with Crippen molar-refractivity contribution >= 4 is 5.97 Å². The summed E-state index contributed by atoms with van der Waals surface area (Å²) in [5, 5.41) is 0. The second-order valence-electron chi connectivity index (χ2n) is 2.99. The second-order valence-corrected chi connectivity index (χ2v) is 2.99. The Hall–Kier alpha value is -1.38. The molecule has 0 heterocycles. The van der Waals surface area contributed by atoms with E-state index < -0.39 is 6.17 Å². The van der Waals surface area contributed by atoms with Crippen LogP contribution in [-0.4, -0.2) is 13.1 Å². The summed E-state index contributed by atoms with van der Waals surface area (Å²) >= 11 is 0. The average molecular weight is 226 g/mol. The molecule has 0 bridgehead atoms. The summed E-state index contributed by atoms with van der Waals surface area (Å²) in [5.41, 5.74) is 0.608. The highest BCUT2D eigenvalue weighted by atomic mass is 19.1. The van der Waals surface area contributed by atoms with Crippen molar-refractivity contribution in [1.82, 2.24) is 0 Å². The van der Waals surface area contributed by atoms with Crippen molar-refractivity contribution in [3.8, 4) is 0 Å². The van der Waals surface area contributed by atoms with Crippen molar-refractivity contribution in [1.29, 1.82) is 0 Å². The Kier molecular flexibility index (Phi) is 8.12. The molecular weight excluding hydrogens is 207 g/mol. The Morgan fingerprint density at radius 1 is 1.31 bits per heavy atom. The van der Waals surface area contributed by atoms with Gasteiger partial charge >= 0.3 is 5.97 Å². The number of alkyl halides is 1. The maximum atomic E-state index is 13.4. The lowest BCUT2D eigenvalue weighted by Gasteiger charge is -2.06. The van der Waals surface area contributed by atoms with E-state index in [2.05, 4.69) is 4.74 Å². The maximum Gasteiger partial charge on any atom is 0.305 e. The molecule has 0 N–H and O–H groups in total. The average Bonchev–Trinajstić information content (AvgIpc) is 2.38. The van der Waals surface area contributed by atoms with Crippen LogP contribution in [0.3, 0.4) is 0 Å². The lowest BCUT2D eigenvalue weighted by Crippen LogP contribution is -2.02. The highest BCUT2D eigenvalue weighted by molar-refractivity contribution is 5.69. The van der Waals surface area contributed by atoms with Crippen LogP contribution in [0.15, 0.2) is 30.3 Å². The first kappa shape index (κ1) is 14.6. The fourth-order valence-electron chi connectivity index (χ4n) is 1.18. The number of esters is 1. The molecule has 0 radical (unpaired) electrons. The predicted molar refractivity (Wildman–Crippen MR) is 62.9 cm³/mol. The van der Waals surface area contributed by atoms with Gasteiger partial charge in [0.1, 0.15) is 6.17 Å². The molecule has 0 fully saturated rings. The SMILES string of the molecule is CC.COC(=O)CCC(F)c1ccccc1. The molecule has 0 aromatic heterocycles. The van der Waals surface area contributed by atoms with Crippen LogP contribution in [0, 0.1) is 0 Å². The molecule has 0 aliphatic heterocycles. The number of carbonyl (C=O) groups is 1. The van der Waals surface area contributed by atoms with Gasteiger partial charge in [-0.1, -0.05) is 44.2 Å². The summed E-state index contributed by atoms with van der Waals surface area (Å²) in [7, 11) is 1.30. The first-order valence-corrected chi connectivity index (χ1v) is 5.50. The minimum absolute atomic E-state index is 0.118. The van der Waals surface area contributed by atoms with Crippen LogP contribution < -0.4 is 0 Å². The van der Waals surface area contributed by atoms with E-state index in [0.717, 1.165) is 0 Å². The second kappa shape index (κ2) is 8.89. The number of methoxy groups -OCH3 is 1. The molecule has 0 saturated carbocycles. The van der Waals surface area contributed by atoms with Gasteiger partial charge in [0.2, 0.25) is 0 Å². The maximum absolute atomic E-state index is 13.4. The van der Waals surface area contributed by atoms with Gasteiger partial charge in [-0.3, -0.25) is 4.79 Å². The van der Waals surface area contributed by atoms with Crippen molar-refractivity contribution in [2.24, 2.45) is 0 Å². The Balaban J connectivity index is 0.00000106. The molecule has 0 spiro atoms. The van der Waals surface area contributed by atoms with Crippen LogP contribution in [0.2, 0.25) is 0 Å². The van der Waals surface area contributed by atoms with Gasteiger partial charge in [-0.25, -0.2) is 4.39 Å². The number of halogens is 1. The van der Waals surface area contributed by atoms with Crippen molar-refractivity contribution < 1.29 is 13.9 Å². The molecule has 1 aromatic rings. The van der Waals surface area contributed by atoms with Crippen molar-refractivity contribution in [2.75, 3.05) is 7.11 Å². The van der Waals surface area contributed by atoms with Crippen LogP contribution in [0.5, 0.6) is 0 Å². The van der Waals surface area contributed by atoms with Crippen molar-refractivity contribution in [3.05, 3.63) is 35.9 Å². The standard InChI is InChI=1S/C11H13FO2.C2H6/c1-14-11(13)8-7-10(12)9-5-3-2-4-6-9;1-2/h2-6,10H,7-8H2,1H3;1-2H3. The number of benzene rings is 1. The third kappa shape index (κ3) is 5.49. The van der Waals surface area contributed by atoms with E-state index in [0.29, 0.717) is 5.56 Å². The quantitative estimate of drug-likeness (QED) is 0.732. The number of hydrogen-bond donors (Lipinski definition) is 0. The van der Waals surface area contributed by atoms with Crippen LogP contribution in [0.25, 0.3) is 0 Å². The minimum atomic E-state index is -1.09. The highest BCUT2D eigenvalue weighted by Crippen LogP contribution is 2.22. The first-order chi connectivity index (χ1) is 7.74. The largest absolute Gasteiger partial charge is 0.469 e. The first-order valence-electron chi connectivity index (χ1n) is 5.50. The van der Waals surface area contributed by atoms with E-state index in [1.807, 2.05) is 19.9 Å². The molecule has 1 rings (SSSR count). The number of rotatable bonds is 4. The molecule has 16 heavy (non-hydrogen) atoms. The lowest BCUT2D eigenvalue weighted by atomic mass is 10.1. The summed E-state index contributed by atoms with van der Waals surface area (Å²) in [5.74, 6) is -0.372. The van der Waals surface area contributed by atoms with Crippen LogP contribution in [0.1, 0.15) is 38.4 Å². The zero-order valence-corrected chi connectivity index (χ0v) is 10.1. The topological polar surface area (TPSA) is 26.3 Å². The molecule has 0 aliphatic carbocycles. The third-order valence-electron chi connectivity index (χ3n) is 1.99. The molecule has 1 atom stereocenters. The molecule has 0 aliphatic rings. The van der Waals surface area contributed by atoms with Gasteiger partial charge in [-0.15, -0.1) is 0 Å². The van der Waals surface area contributed by atoms with Gasteiger partial charge < -0.3 is 4.74 Å². The fraction of sp³-hybridized carbons (Fsp3) is 0.462. The normalized spacial score (nSPS) is 11.0. The summed E-state index contributed by atoms with van der Waals surface area (Å²) < 4.78 is 17.9. The van der Waals surface area contributed by atoms with Gasteiger partial charge in [0.25, 0.3) is 0 Å². The van der Waals surface area contributed by atoms with Gasteiger partial charge in [0, 0.05) is 6.42 Å². The van der Waals surface area contributed by atoms with Crippen LogP contribution in [-0.2, 0) is 9.53 Å². The molecule has 90 valence electrons.